The molecule has 0 atom stereocenters. The van der Waals surface area contributed by atoms with E-state index in [1.54, 1.807) is 25.8 Å². The molecule has 2 nitrogen and oxygen atoms in total. The first-order chi connectivity index (χ1) is 6.19. The number of nitrogens with zero attached hydrogens (tertiary/aromatic N) is 1. The van der Waals surface area contributed by atoms with Crippen molar-refractivity contribution in [3.05, 3.63) is 0 Å². The van der Waals surface area contributed by atoms with Gasteiger partial charge in [-0.3, -0.25) is 4.90 Å². The molecule has 0 saturated heterocycles. The van der Waals surface area contributed by atoms with Crippen molar-refractivity contribution in [3.8, 4) is 0 Å². The van der Waals surface area contributed by atoms with E-state index in [0.717, 1.165) is 0 Å². The highest BCUT2D eigenvalue weighted by atomic mass is 19.4. The zero-order chi connectivity index (χ0) is 11.4. The van der Waals surface area contributed by atoms with Crippen LogP contribution in [-0.4, -0.2) is 41.9 Å². The van der Waals surface area contributed by atoms with Gasteiger partial charge in [0.2, 0.25) is 0 Å². The third-order valence-corrected chi connectivity index (χ3v) is 2.37. The molecule has 14 heavy (non-hydrogen) atoms. The summed E-state index contributed by atoms with van der Waals surface area (Å²) in [7, 11) is 1.71. The topological polar surface area (TPSA) is 23.5 Å². The van der Waals surface area contributed by atoms with Crippen molar-refractivity contribution < 1.29 is 18.3 Å². The highest BCUT2D eigenvalue weighted by Gasteiger charge is 2.28. The third kappa shape index (κ3) is 5.44. The lowest BCUT2D eigenvalue weighted by molar-refractivity contribution is -0.136. The maximum atomic E-state index is 11.8. The Balaban J connectivity index is 3.80. The highest BCUT2D eigenvalue weighted by molar-refractivity contribution is 4.77. The second-order valence-electron chi connectivity index (χ2n) is 4.11. The van der Waals surface area contributed by atoms with Gasteiger partial charge in [-0.1, -0.05) is 0 Å². The first kappa shape index (κ1) is 13.7. The Morgan fingerprint density at radius 1 is 1.21 bits per heavy atom. The second kappa shape index (κ2) is 4.98. The van der Waals surface area contributed by atoms with Gasteiger partial charge in [0, 0.05) is 12.0 Å². The van der Waals surface area contributed by atoms with Gasteiger partial charge in [0.05, 0.1) is 6.61 Å². The molecule has 0 aliphatic carbocycles. The molecule has 0 amide bonds. The zero-order valence-electron chi connectivity index (χ0n) is 8.86. The Labute approximate surface area is 82.7 Å². The molecule has 0 fully saturated rings. The number of hydrogen-bond acceptors (Lipinski definition) is 2. The molecule has 0 saturated carbocycles. The minimum atomic E-state index is -4.08. The first-order valence-corrected chi connectivity index (χ1v) is 4.58. The van der Waals surface area contributed by atoms with Gasteiger partial charge in [0.15, 0.2) is 0 Å². The van der Waals surface area contributed by atoms with E-state index >= 15 is 0 Å². The summed E-state index contributed by atoms with van der Waals surface area (Å²) in [4.78, 5) is 1.73. The van der Waals surface area contributed by atoms with E-state index in [2.05, 4.69) is 0 Å². The molecule has 0 aliphatic heterocycles. The molecule has 1 N–H and O–H groups in total. The Kier molecular flexibility index (Phi) is 4.88. The van der Waals surface area contributed by atoms with Gasteiger partial charge in [-0.15, -0.1) is 0 Å². The maximum Gasteiger partial charge on any atom is 0.389 e. The van der Waals surface area contributed by atoms with Crippen LogP contribution < -0.4 is 0 Å². The Bertz CT molecular complexity index is 168. The van der Waals surface area contributed by atoms with Crippen LogP contribution in [-0.2, 0) is 0 Å². The van der Waals surface area contributed by atoms with Crippen molar-refractivity contribution in [2.45, 2.75) is 38.4 Å². The molecule has 0 radical (unpaired) electrons. The van der Waals surface area contributed by atoms with E-state index in [1.807, 2.05) is 0 Å². The van der Waals surface area contributed by atoms with Crippen LogP contribution in [0.15, 0.2) is 0 Å². The van der Waals surface area contributed by atoms with Gasteiger partial charge >= 0.3 is 6.18 Å². The van der Waals surface area contributed by atoms with Gasteiger partial charge in [0.25, 0.3) is 0 Å². The van der Waals surface area contributed by atoms with Crippen molar-refractivity contribution in [2.75, 3.05) is 20.2 Å². The second-order valence-corrected chi connectivity index (χ2v) is 4.11. The molecule has 0 spiro atoms. The van der Waals surface area contributed by atoms with Crippen LogP contribution in [0.1, 0.15) is 26.7 Å². The predicted molar refractivity (Wildman–Crippen MR) is 49.1 cm³/mol. The molecule has 0 aromatic carbocycles. The highest BCUT2D eigenvalue weighted by Crippen LogP contribution is 2.22. The Hall–Kier alpha value is -0.290. The van der Waals surface area contributed by atoms with Crippen molar-refractivity contribution in [2.24, 2.45) is 0 Å². The Morgan fingerprint density at radius 3 is 2.07 bits per heavy atom. The third-order valence-electron chi connectivity index (χ3n) is 2.37. The van der Waals surface area contributed by atoms with E-state index < -0.39 is 18.1 Å². The molecular weight excluding hydrogens is 195 g/mol. The number of likely N-dealkylation sites (N-methyl/N-ethyl adjacent to an activating group) is 1. The fourth-order valence-corrected chi connectivity index (χ4v) is 0.940. The largest absolute Gasteiger partial charge is 0.394 e. The molecule has 0 aliphatic rings. The zero-order valence-corrected chi connectivity index (χ0v) is 8.86. The lowest BCUT2D eigenvalue weighted by Gasteiger charge is -2.33. The van der Waals surface area contributed by atoms with Gasteiger partial charge in [-0.05, 0) is 33.9 Å². The minimum Gasteiger partial charge on any atom is -0.394 e. The van der Waals surface area contributed by atoms with Gasteiger partial charge in [-0.2, -0.15) is 13.2 Å². The average molecular weight is 213 g/mol. The molecule has 0 rings (SSSR count). The van der Waals surface area contributed by atoms with E-state index in [1.165, 1.54) is 0 Å². The number of aliphatic hydroxyl groups is 1. The minimum absolute atomic E-state index is 0.0600. The molecule has 0 bridgehead atoms. The van der Waals surface area contributed by atoms with E-state index in [-0.39, 0.29) is 13.0 Å². The van der Waals surface area contributed by atoms with E-state index in [4.69, 9.17) is 5.11 Å². The number of rotatable bonds is 5. The standard InChI is InChI=1S/C9H18F3NO/c1-8(2,7-14)13(3)6-4-5-9(10,11)12/h14H,4-7H2,1-3H3. The fourth-order valence-electron chi connectivity index (χ4n) is 0.940. The molecule has 86 valence electrons. The molecule has 0 unspecified atom stereocenters. The average Bonchev–Trinajstić information content (AvgIpc) is 2.02. The summed E-state index contributed by atoms with van der Waals surface area (Å²) in [6, 6.07) is 0. The maximum absolute atomic E-state index is 11.8. The van der Waals surface area contributed by atoms with E-state index in [0.29, 0.717) is 6.54 Å². The predicted octanol–water partition coefficient (Wildman–Crippen LogP) is 2.03. The summed E-state index contributed by atoms with van der Waals surface area (Å²) < 4.78 is 35.4. The number of hydrogen-bond donors (Lipinski definition) is 1. The first-order valence-electron chi connectivity index (χ1n) is 4.58. The van der Waals surface area contributed by atoms with Crippen LogP contribution in [0.25, 0.3) is 0 Å². The molecule has 0 heterocycles. The summed E-state index contributed by atoms with van der Waals surface area (Å²) in [6.45, 7) is 3.86. The van der Waals surface area contributed by atoms with Crippen LogP contribution in [0.2, 0.25) is 0 Å². The Morgan fingerprint density at radius 2 is 1.71 bits per heavy atom. The van der Waals surface area contributed by atoms with Gasteiger partial charge in [0.1, 0.15) is 0 Å². The number of halogens is 3. The SMILES string of the molecule is CN(CCCC(F)(F)F)C(C)(C)CO. The monoisotopic (exact) mass is 213 g/mol. The van der Waals surface area contributed by atoms with Crippen LogP contribution in [0.5, 0.6) is 0 Å². The summed E-state index contributed by atoms with van der Waals surface area (Å²) >= 11 is 0. The van der Waals surface area contributed by atoms with Crippen LogP contribution >= 0.6 is 0 Å². The van der Waals surface area contributed by atoms with Gasteiger partial charge in [-0.25, -0.2) is 0 Å². The molecule has 0 aromatic heterocycles. The molecular formula is C9H18F3NO. The lowest BCUT2D eigenvalue weighted by Crippen LogP contribution is -2.44. The lowest BCUT2D eigenvalue weighted by atomic mass is 10.0. The molecule has 5 heteroatoms. The quantitative estimate of drug-likeness (QED) is 0.755. The van der Waals surface area contributed by atoms with Crippen molar-refractivity contribution in [3.63, 3.8) is 0 Å². The van der Waals surface area contributed by atoms with E-state index in [9.17, 15) is 13.2 Å². The van der Waals surface area contributed by atoms with Crippen molar-refractivity contribution in [1.29, 1.82) is 0 Å². The van der Waals surface area contributed by atoms with Gasteiger partial charge < -0.3 is 5.11 Å². The molecule has 0 aromatic rings. The van der Waals surface area contributed by atoms with Crippen LogP contribution in [0, 0.1) is 0 Å². The van der Waals surface area contributed by atoms with Crippen LogP contribution in [0.4, 0.5) is 13.2 Å². The number of alkyl halides is 3. The number of aliphatic hydroxyl groups excluding tert-OH is 1. The summed E-state index contributed by atoms with van der Waals surface area (Å²) in [5.41, 5.74) is -0.453. The van der Waals surface area contributed by atoms with Crippen LogP contribution in [0.3, 0.4) is 0 Å². The summed E-state index contributed by atoms with van der Waals surface area (Å²) in [5, 5.41) is 8.96. The normalized spacial score (nSPS) is 13.7. The van der Waals surface area contributed by atoms with Crippen molar-refractivity contribution in [1.82, 2.24) is 4.90 Å². The smallest absolute Gasteiger partial charge is 0.389 e. The van der Waals surface area contributed by atoms with Crippen molar-refractivity contribution >= 4 is 0 Å². The fraction of sp³-hybridized carbons (Fsp3) is 1.00. The summed E-state index contributed by atoms with van der Waals surface area (Å²) in [5.74, 6) is 0. The summed E-state index contributed by atoms with van der Waals surface area (Å²) in [6.07, 6.45) is -4.77.